The number of nitrogens with zero attached hydrogens (tertiary/aromatic N) is 3. The van der Waals surface area contributed by atoms with Crippen molar-refractivity contribution >= 4 is 17.5 Å². The highest BCUT2D eigenvalue weighted by Gasteiger charge is 2.25. The highest BCUT2D eigenvalue weighted by atomic mass is 35.5. The molecule has 0 unspecified atom stereocenters. The van der Waals surface area contributed by atoms with Crippen molar-refractivity contribution in [2.75, 3.05) is 13.1 Å². The van der Waals surface area contributed by atoms with Gasteiger partial charge in [-0.05, 0) is 43.0 Å². The van der Waals surface area contributed by atoms with Gasteiger partial charge in [0.25, 0.3) is 0 Å². The normalized spacial score (nSPS) is 18.0. The van der Waals surface area contributed by atoms with Crippen LogP contribution in [0.2, 0.25) is 5.02 Å². The van der Waals surface area contributed by atoms with Gasteiger partial charge in [-0.3, -0.25) is 4.79 Å². The van der Waals surface area contributed by atoms with E-state index in [4.69, 9.17) is 11.6 Å². The summed E-state index contributed by atoms with van der Waals surface area (Å²) in [6, 6.07) is 9.65. The van der Waals surface area contributed by atoms with Gasteiger partial charge < -0.3 is 4.90 Å². The fraction of sp³-hybridized carbons (Fsp3) is 0.389. The number of carbonyl (C=O) groups is 1. The van der Waals surface area contributed by atoms with Crippen molar-refractivity contribution < 1.29 is 4.79 Å². The molecule has 1 aliphatic rings. The first kappa shape index (κ1) is 15.9. The number of likely N-dealkylation sites (tertiary alicyclic amines) is 1. The summed E-state index contributed by atoms with van der Waals surface area (Å²) in [4.78, 5) is 22.8. The SMILES string of the molecule is O=C(CCc1ccc(Cl)cc1)N1CCC[C@@H](c2ccncn2)C1. The Labute approximate surface area is 141 Å². The zero-order valence-corrected chi connectivity index (χ0v) is 13.7. The third-order valence-corrected chi connectivity index (χ3v) is 4.59. The molecule has 1 fully saturated rings. The summed E-state index contributed by atoms with van der Waals surface area (Å²) < 4.78 is 0. The summed E-state index contributed by atoms with van der Waals surface area (Å²) in [5.74, 6) is 0.546. The third-order valence-electron chi connectivity index (χ3n) is 4.34. The standard InChI is InChI=1S/C18H20ClN3O/c19-16-6-3-14(4-7-16)5-8-18(23)22-11-1-2-15(12-22)17-9-10-20-13-21-17/h3-4,6-7,9-10,13,15H,1-2,5,8,11-12H2/t15-/m1/s1. The van der Waals surface area contributed by atoms with Gasteiger partial charge >= 0.3 is 0 Å². The van der Waals surface area contributed by atoms with Crippen LogP contribution in [-0.2, 0) is 11.2 Å². The maximum Gasteiger partial charge on any atom is 0.222 e. The third kappa shape index (κ3) is 4.29. The van der Waals surface area contributed by atoms with Crippen LogP contribution in [0.1, 0.15) is 36.4 Å². The summed E-state index contributed by atoms with van der Waals surface area (Å²) in [6.07, 6.45) is 6.75. The second-order valence-electron chi connectivity index (χ2n) is 5.94. The topological polar surface area (TPSA) is 46.1 Å². The molecular weight excluding hydrogens is 310 g/mol. The lowest BCUT2D eigenvalue weighted by molar-refractivity contribution is -0.132. The Morgan fingerprint density at radius 2 is 2.09 bits per heavy atom. The van der Waals surface area contributed by atoms with E-state index in [0.717, 1.165) is 48.6 Å². The minimum absolute atomic E-state index is 0.221. The van der Waals surface area contributed by atoms with Gasteiger partial charge in [0.2, 0.25) is 5.91 Å². The number of carbonyl (C=O) groups excluding carboxylic acids is 1. The molecule has 4 nitrogen and oxygen atoms in total. The van der Waals surface area contributed by atoms with Crippen LogP contribution in [0.15, 0.2) is 42.9 Å². The molecule has 23 heavy (non-hydrogen) atoms. The van der Waals surface area contributed by atoms with E-state index >= 15 is 0 Å². The van der Waals surface area contributed by atoms with Crippen molar-refractivity contribution in [2.24, 2.45) is 0 Å². The number of hydrogen-bond acceptors (Lipinski definition) is 3. The van der Waals surface area contributed by atoms with Crippen LogP contribution in [0.25, 0.3) is 0 Å². The van der Waals surface area contributed by atoms with Crippen molar-refractivity contribution in [3.63, 3.8) is 0 Å². The largest absolute Gasteiger partial charge is 0.342 e. The van der Waals surface area contributed by atoms with Crippen LogP contribution < -0.4 is 0 Å². The molecule has 0 N–H and O–H groups in total. The summed E-state index contributed by atoms with van der Waals surface area (Å²) in [5.41, 5.74) is 2.18. The molecular formula is C18H20ClN3O. The average Bonchev–Trinajstić information content (AvgIpc) is 2.62. The fourth-order valence-electron chi connectivity index (χ4n) is 3.05. The Morgan fingerprint density at radius 3 is 2.83 bits per heavy atom. The van der Waals surface area contributed by atoms with Crippen molar-refractivity contribution in [1.82, 2.24) is 14.9 Å². The van der Waals surface area contributed by atoms with E-state index in [-0.39, 0.29) is 5.91 Å². The van der Waals surface area contributed by atoms with E-state index in [1.165, 1.54) is 0 Å². The highest BCUT2D eigenvalue weighted by molar-refractivity contribution is 6.30. The maximum absolute atomic E-state index is 12.5. The van der Waals surface area contributed by atoms with Gasteiger partial charge in [-0.2, -0.15) is 0 Å². The number of benzene rings is 1. The van der Waals surface area contributed by atoms with Gasteiger partial charge in [-0.1, -0.05) is 23.7 Å². The molecule has 1 aromatic carbocycles. The van der Waals surface area contributed by atoms with Gasteiger partial charge in [0.1, 0.15) is 6.33 Å². The first-order chi connectivity index (χ1) is 11.2. The van der Waals surface area contributed by atoms with E-state index in [0.29, 0.717) is 12.3 Å². The van der Waals surface area contributed by atoms with E-state index < -0.39 is 0 Å². The van der Waals surface area contributed by atoms with Gasteiger partial charge in [-0.15, -0.1) is 0 Å². The number of aromatic nitrogens is 2. The Kier molecular flexibility index (Phi) is 5.23. The molecule has 2 heterocycles. The average molecular weight is 330 g/mol. The van der Waals surface area contributed by atoms with E-state index in [9.17, 15) is 4.79 Å². The van der Waals surface area contributed by atoms with Crippen LogP contribution in [0.3, 0.4) is 0 Å². The smallest absolute Gasteiger partial charge is 0.222 e. The Balaban J connectivity index is 1.55. The number of aryl methyl sites for hydroxylation is 1. The predicted molar refractivity (Wildman–Crippen MR) is 90.4 cm³/mol. The highest BCUT2D eigenvalue weighted by Crippen LogP contribution is 2.25. The van der Waals surface area contributed by atoms with Gasteiger partial charge in [-0.25, -0.2) is 9.97 Å². The molecule has 1 saturated heterocycles. The number of rotatable bonds is 4. The molecule has 1 amide bonds. The van der Waals surface area contributed by atoms with Crippen LogP contribution in [0.4, 0.5) is 0 Å². The number of piperidine rings is 1. The van der Waals surface area contributed by atoms with Gasteiger partial charge in [0.05, 0.1) is 0 Å². The van der Waals surface area contributed by atoms with E-state index in [1.807, 2.05) is 35.2 Å². The first-order valence-electron chi connectivity index (χ1n) is 8.00. The molecule has 2 aromatic rings. The summed E-state index contributed by atoms with van der Waals surface area (Å²) in [7, 11) is 0. The minimum Gasteiger partial charge on any atom is -0.342 e. The predicted octanol–water partition coefficient (Wildman–Crippen LogP) is 3.47. The van der Waals surface area contributed by atoms with Crippen LogP contribution in [-0.4, -0.2) is 33.9 Å². The quantitative estimate of drug-likeness (QED) is 0.862. The minimum atomic E-state index is 0.221. The van der Waals surface area contributed by atoms with Gasteiger partial charge in [0.15, 0.2) is 0 Å². The lowest BCUT2D eigenvalue weighted by atomic mass is 9.94. The van der Waals surface area contributed by atoms with Gasteiger partial charge in [0, 0.05) is 42.3 Å². The monoisotopic (exact) mass is 329 g/mol. The van der Waals surface area contributed by atoms with Crippen molar-refractivity contribution in [1.29, 1.82) is 0 Å². The second kappa shape index (κ2) is 7.55. The Morgan fingerprint density at radius 1 is 1.26 bits per heavy atom. The maximum atomic E-state index is 12.5. The molecule has 0 saturated carbocycles. The molecule has 120 valence electrons. The number of amides is 1. The lowest BCUT2D eigenvalue weighted by Crippen LogP contribution is -2.39. The van der Waals surface area contributed by atoms with Crippen molar-refractivity contribution in [3.05, 3.63) is 59.1 Å². The van der Waals surface area contributed by atoms with Crippen LogP contribution in [0.5, 0.6) is 0 Å². The zero-order valence-electron chi connectivity index (χ0n) is 13.0. The van der Waals surface area contributed by atoms with Crippen molar-refractivity contribution in [2.45, 2.75) is 31.6 Å². The second-order valence-corrected chi connectivity index (χ2v) is 6.38. The van der Waals surface area contributed by atoms with Crippen LogP contribution >= 0.6 is 11.6 Å². The molecule has 5 heteroatoms. The molecule has 1 aliphatic heterocycles. The molecule has 1 atom stereocenters. The molecule has 0 radical (unpaired) electrons. The van der Waals surface area contributed by atoms with E-state index in [1.54, 1.807) is 12.5 Å². The zero-order chi connectivity index (χ0) is 16.1. The fourth-order valence-corrected chi connectivity index (χ4v) is 3.17. The Bertz CT molecular complexity index is 645. The van der Waals surface area contributed by atoms with Crippen molar-refractivity contribution in [3.8, 4) is 0 Å². The number of halogens is 1. The summed E-state index contributed by atoms with van der Waals surface area (Å²) in [6.45, 7) is 1.61. The Hall–Kier alpha value is -1.94. The number of hydrogen-bond donors (Lipinski definition) is 0. The molecule has 0 bridgehead atoms. The molecule has 0 spiro atoms. The summed E-state index contributed by atoms with van der Waals surface area (Å²) >= 11 is 5.88. The molecule has 0 aliphatic carbocycles. The summed E-state index contributed by atoms with van der Waals surface area (Å²) in [5, 5.41) is 0.726. The van der Waals surface area contributed by atoms with E-state index in [2.05, 4.69) is 9.97 Å². The first-order valence-corrected chi connectivity index (χ1v) is 8.38. The van der Waals surface area contributed by atoms with Crippen LogP contribution in [0, 0.1) is 0 Å². The molecule has 3 rings (SSSR count). The lowest BCUT2D eigenvalue weighted by Gasteiger charge is -2.32. The molecule has 1 aromatic heterocycles.